The molecule has 0 spiro atoms. The van der Waals surface area contributed by atoms with Crippen LogP contribution in [0.25, 0.3) is 0 Å². The first-order valence-corrected chi connectivity index (χ1v) is 12.4. The fourth-order valence-electron chi connectivity index (χ4n) is 4.66. The van der Waals surface area contributed by atoms with Crippen LogP contribution in [0, 0.1) is 5.41 Å². The molecule has 0 unspecified atom stereocenters. The molecule has 3 aromatic rings. The molecule has 9 heteroatoms. The van der Waals surface area contributed by atoms with Gasteiger partial charge in [-0.05, 0) is 43.9 Å². The minimum absolute atomic E-state index is 0.189. The van der Waals surface area contributed by atoms with Crippen molar-refractivity contribution in [3.8, 4) is 5.75 Å². The summed E-state index contributed by atoms with van der Waals surface area (Å²) in [4.78, 5) is 6.59. The molecule has 2 aromatic heterocycles. The van der Waals surface area contributed by atoms with Crippen molar-refractivity contribution < 1.29 is 4.74 Å². The third-order valence-electron chi connectivity index (χ3n) is 6.98. The number of halogens is 2. The molecule has 2 aliphatic rings. The molecule has 5 rings (SSSR count). The molecule has 0 atom stereocenters. The summed E-state index contributed by atoms with van der Waals surface area (Å²) < 4.78 is 7.92. The van der Waals surface area contributed by atoms with Crippen LogP contribution in [-0.4, -0.2) is 44.5 Å². The number of piperidine rings is 1. The number of rotatable bonds is 7. The fourth-order valence-corrected chi connectivity index (χ4v) is 5.14. The van der Waals surface area contributed by atoms with Crippen LogP contribution in [0.2, 0.25) is 10.0 Å². The van der Waals surface area contributed by atoms with Crippen molar-refractivity contribution in [2.75, 3.05) is 18.8 Å². The Morgan fingerprint density at radius 3 is 2.47 bits per heavy atom. The zero-order valence-corrected chi connectivity index (χ0v) is 20.4. The summed E-state index contributed by atoms with van der Waals surface area (Å²) in [6.07, 6.45) is 13.0. The van der Waals surface area contributed by atoms with E-state index in [1.54, 1.807) is 24.4 Å². The number of nitrogen functional groups attached to an aromatic ring is 1. The largest absolute Gasteiger partial charge is 0.489 e. The van der Waals surface area contributed by atoms with Gasteiger partial charge < -0.3 is 15.4 Å². The maximum atomic E-state index is 8.77. The Morgan fingerprint density at radius 2 is 1.79 bits per heavy atom. The van der Waals surface area contributed by atoms with Crippen LogP contribution in [0.5, 0.6) is 5.75 Å². The molecule has 2 fully saturated rings. The normalized spacial score (nSPS) is 17.5. The smallest absolute Gasteiger partial charge is 0.120 e. The van der Waals surface area contributed by atoms with Crippen LogP contribution in [0.1, 0.15) is 54.8 Å². The molecule has 7 nitrogen and oxygen atoms in total. The maximum absolute atomic E-state index is 8.77. The molecule has 0 bridgehead atoms. The fraction of sp³-hybridized carbons (Fsp3) is 0.400. The Kier molecular flexibility index (Phi) is 6.77. The van der Waals surface area contributed by atoms with Crippen LogP contribution in [-0.2, 0) is 6.61 Å². The van der Waals surface area contributed by atoms with E-state index in [0.29, 0.717) is 44.4 Å². The van der Waals surface area contributed by atoms with Crippen LogP contribution in [0.4, 0.5) is 5.69 Å². The van der Waals surface area contributed by atoms with Gasteiger partial charge in [0.25, 0.3) is 0 Å². The number of nitrogens with zero attached hydrogens (tertiary/aromatic N) is 4. The number of anilines is 1. The summed E-state index contributed by atoms with van der Waals surface area (Å²) in [6.45, 7) is 2.44. The number of pyridine rings is 1. The topological polar surface area (TPSA) is 93.0 Å². The maximum Gasteiger partial charge on any atom is 0.120 e. The van der Waals surface area contributed by atoms with Crippen molar-refractivity contribution in [1.82, 2.24) is 19.7 Å². The third kappa shape index (κ3) is 4.78. The number of benzene rings is 1. The van der Waals surface area contributed by atoms with Gasteiger partial charge in [-0.25, -0.2) is 0 Å². The van der Waals surface area contributed by atoms with Crippen LogP contribution >= 0.6 is 23.2 Å². The summed E-state index contributed by atoms with van der Waals surface area (Å²) in [5.74, 6) is 0.577. The Balaban J connectivity index is 1.26. The molecule has 3 heterocycles. The van der Waals surface area contributed by atoms with E-state index in [4.69, 9.17) is 39.1 Å². The molecule has 1 aliphatic heterocycles. The molecular formula is C25H28Cl2N6O. The number of nitrogens with one attached hydrogen (secondary N) is 1. The van der Waals surface area contributed by atoms with Crippen molar-refractivity contribution in [3.05, 3.63) is 69.7 Å². The van der Waals surface area contributed by atoms with Gasteiger partial charge in [0.2, 0.25) is 0 Å². The molecule has 1 aromatic carbocycles. The van der Waals surface area contributed by atoms with Gasteiger partial charge in [-0.3, -0.25) is 15.1 Å². The van der Waals surface area contributed by atoms with E-state index in [0.717, 1.165) is 37.5 Å². The summed E-state index contributed by atoms with van der Waals surface area (Å²) in [7, 11) is 0. The van der Waals surface area contributed by atoms with Gasteiger partial charge in [-0.2, -0.15) is 5.10 Å². The number of likely N-dealkylation sites (tertiary alicyclic amines) is 1. The molecular weight excluding hydrogens is 471 g/mol. The molecule has 3 N–H and O–H groups in total. The first-order chi connectivity index (χ1) is 16.5. The van der Waals surface area contributed by atoms with E-state index in [-0.39, 0.29) is 6.61 Å². The Morgan fingerprint density at radius 1 is 1.06 bits per heavy atom. The highest BCUT2D eigenvalue weighted by atomic mass is 35.5. The van der Waals surface area contributed by atoms with Crippen LogP contribution < -0.4 is 10.5 Å². The SMILES string of the molecule is N=C(c1cnn(C2CCN(C3CCC3)CC2)c1)c1cc(OCc2c(Cl)cncc2Cl)ccc1N. The summed E-state index contributed by atoms with van der Waals surface area (Å²) in [5.41, 5.74) is 9.05. The second-order valence-corrected chi connectivity index (χ2v) is 9.87. The van der Waals surface area contributed by atoms with Crippen LogP contribution in [0.15, 0.2) is 43.0 Å². The summed E-state index contributed by atoms with van der Waals surface area (Å²) in [5, 5.41) is 14.3. The molecule has 0 radical (unpaired) electrons. The van der Waals surface area contributed by atoms with E-state index in [1.807, 2.05) is 10.9 Å². The number of nitrogens with two attached hydrogens (primary N) is 1. The first-order valence-electron chi connectivity index (χ1n) is 11.7. The quantitative estimate of drug-likeness (QED) is 0.338. The molecule has 1 aliphatic carbocycles. The second-order valence-electron chi connectivity index (χ2n) is 9.06. The zero-order valence-electron chi connectivity index (χ0n) is 18.9. The third-order valence-corrected chi connectivity index (χ3v) is 7.64. The minimum Gasteiger partial charge on any atom is -0.489 e. The molecule has 1 saturated heterocycles. The average Bonchev–Trinajstić information content (AvgIpc) is 3.29. The van der Waals surface area contributed by atoms with E-state index in [2.05, 4.69) is 15.0 Å². The highest BCUT2D eigenvalue weighted by Gasteiger charge is 2.29. The zero-order chi connectivity index (χ0) is 23.7. The van der Waals surface area contributed by atoms with E-state index in [9.17, 15) is 0 Å². The van der Waals surface area contributed by atoms with Crippen molar-refractivity contribution in [3.63, 3.8) is 0 Å². The van der Waals surface area contributed by atoms with Gasteiger partial charge in [0, 0.05) is 60.1 Å². The first kappa shape index (κ1) is 23.1. The van der Waals surface area contributed by atoms with Crippen molar-refractivity contribution in [2.45, 2.75) is 50.8 Å². The standard InChI is InChI=1S/C25H28Cl2N6O/c26-22-12-30-13-23(27)21(22)15-34-19-4-5-24(28)20(10-19)25(29)16-11-31-33(14-16)18-6-8-32(9-7-18)17-2-1-3-17/h4-5,10-14,17-18,29H,1-3,6-9,15,28H2. The van der Waals surface area contributed by atoms with Crippen LogP contribution in [0.3, 0.4) is 0 Å². The van der Waals surface area contributed by atoms with Crippen molar-refractivity contribution in [1.29, 1.82) is 5.41 Å². The van der Waals surface area contributed by atoms with Gasteiger partial charge in [-0.15, -0.1) is 0 Å². The summed E-state index contributed by atoms with van der Waals surface area (Å²) >= 11 is 12.4. The molecule has 0 amide bonds. The van der Waals surface area contributed by atoms with Crippen molar-refractivity contribution >= 4 is 34.6 Å². The predicted octanol–water partition coefficient (Wildman–Crippen LogP) is 5.35. The number of hydrogen-bond donors (Lipinski definition) is 2. The number of ether oxygens (including phenoxy) is 1. The highest BCUT2D eigenvalue weighted by molar-refractivity contribution is 6.35. The lowest BCUT2D eigenvalue weighted by molar-refractivity contribution is 0.0842. The lowest BCUT2D eigenvalue weighted by atomic mass is 9.89. The average molecular weight is 499 g/mol. The van der Waals surface area contributed by atoms with E-state index >= 15 is 0 Å². The number of hydrogen-bond acceptors (Lipinski definition) is 6. The molecule has 1 saturated carbocycles. The van der Waals surface area contributed by atoms with Gasteiger partial charge >= 0.3 is 0 Å². The Hall–Kier alpha value is -2.61. The predicted molar refractivity (Wildman–Crippen MR) is 135 cm³/mol. The lowest BCUT2D eigenvalue weighted by Crippen LogP contribution is -2.45. The molecule has 178 valence electrons. The summed E-state index contributed by atoms with van der Waals surface area (Å²) in [6, 6.07) is 6.46. The lowest BCUT2D eigenvalue weighted by Gasteiger charge is -2.41. The second kappa shape index (κ2) is 9.94. The monoisotopic (exact) mass is 498 g/mol. The van der Waals surface area contributed by atoms with Gasteiger partial charge in [0.05, 0.1) is 28.0 Å². The van der Waals surface area contributed by atoms with E-state index < -0.39 is 0 Å². The van der Waals surface area contributed by atoms with Gasteiger partial charge in [0.1, 0.15) is 12.4 Å². The Labute approximate surface area is 209 Å². The Bertz CT molecular complexity index is 1160. The number of aromatic nitrogens is 3. The van der Waals surface area contributed by atoms with E-state index in [1.165, 1.54) is 31.7 Å². The van der Waals surface area contributed by atoms with Gasteiger partial charge in [-0.1, -0.05) is 29.6 Å². The van der Waals surface area contributed by atoms with Crippen molar-refractivity contribution in [2.24, 2.45) is 0 Å². The highest BCUT2D eigenvalue weighted by Crippen LogP contribution is 2.31. The minimum atomic E-state index is 0.189. The molecule has 34 heavy (non-hydrogen) atoms. The van der Waals surface area contributed by atoms with Gasteiger partial charge in [0.15, 0.2) is 0 Å².